The second kappa shape index (κ2) is 18.1. The third-order valence-electron chi connectivity index (χ3n) is 9.43. The van der Waals surface area contributed by atoms with Gasteiger partial charge in [-0.15, -0.1) is 0 Å². The number of aryl methyl sites for hydroxylation is 8. The van der Waals surface area contributed by atoms with Gasteiger partial charge in [-0.3, -0.25) is 0 Å². The summed E-state index contributed by atoms with van der Waals surface area (Å²) >= 11 is -0.346. The first kappa shape index (κ1) is 34.8. The Hall–Kier alpha value is -3.05. The quantitative estimate of drug-likeness (QED) is 0.124. The van der Waals surface area contributed by atoms with Gasteiger partial charge in [0.15, 0.2) is 0 Å². The first-order valence-corrected chi connectivity index (χ1v) is 22.8. The van der Waals surface area contributed by atoms with Crippen LogP contribution in [-0.2, 0) is 66.5 Å². The fourth-order valence-electron chi connectivity index (χ4n) is 6.68. The van der Waals surface area contributed by atoms with Crippen LogP contribution in [0.3, 0.4) is 0 Å². The number of hydrogen-bond acceptors (Lipinski definition) is 0. The molecule has 0 spiro atoms. The Kier molecular flexibility index (Phi) is 13.1. The normalized spacial score (nSPS) is 13.3. The second-order valence-corrected chi connectivity index (χ2v) is 17.7. The van der Waals surface area contributed by atoms with Crippen molar-refractivity contribution in [1.29, 1.82) is 0 Å². The standard InChI is InChI=1S/C28H25P.C16H16.2ClH.Ru/c1-3-7-26(8-4-1)29(27-9-5-2-6-10-27)28-21-24-16-15-22-11-13-23(14-12-22)17-19-25(28)20-18-24;1-2-14-4-3-13(1)9-10-15-5-7-16(8-6-15)12-11-14;;;/h1-14,18,20-21H,15-17,19H2;1-8H,9-12H2;2*1H;/q;;;;+2/p-1. The van der Waals surface area contributed by atoms with Crippen molar-refractivity contribution in [2.45, 2.75) is 51.4 Å². The summed E-state index contributed by atoms with van der Waals surface area (Å²) in [5.74, 6) is 0. The van der Waals surface area contributed by atoms with E-state index < -0.39 is 7.92 Å². The van der Waals surface area contributed by atoms with Crippen molar-refractivity contribution in [3.63, 3.8) is 0 Å². The first-order valence-electron chi connectivity index (χ1n) is 16.9. The molecule has 0 unspecified atom stereocenters. The molecule has 244 valence electrons. The van der Waals surface area contributed by atoms with Gasteiger partial charge in [0.1, 0.15) is 15.9 Å². The third-order valence-corrected chi connectivity index (χ3v) is 12.3. The van der Waals surface area contributed by atoms with Crippen molar-refractivity contribution in [1.82, 2.24) is 0 Å². The van der Waals surface area contributed by atoms with Gasteiger partial charge in [0, 0.05) is 0 Å². The maximum Gasteiger partial charge on any atom is 0.105 e. The SMILES string of the molecule is [Cl][Ru][Cl].c1cc2ccc1CCc1ccc(cc1)CC2.c1ccc([PH+](c2ccccc2)c2cc3ccc2CCc2ccc(cc2)CC3)cc1. The molecule has 0 aromatic heterocycles. The summed E-state index contributed by atoms with van der Waals surface area (Å²) in [6.45, 7) is 0. The van der Waals surface area contributed by atoms with Gasteiger partial charge in [0.25, 0.3) is 0 Å². The smallest absolute Gasteiger partial charge is 0.0620 e. The van der Waals surface area contributed by atoms with Crippen LogP contribution in [0.4, 0.5) is 0 Å². The van der Waals surface area contributed by atoms with Gasteiger partial charge in [0.05, 0.1) is 7.92 Å². The molecule has 0 atom stereocenters. The van der Waals surface area contributed by atoms with E-state index in [4.69, 9.17) is 19.4 Å². The number of hydrogen-bond donors (Lipinski definition) is 0. The van der Waals surface area contributed by atoms with Crippen molar-refractivity contribution in [3.8, 4) is 0 Å². The van der Waals surface area contributed by atoms with Gasteiger partial charge in [0.2, 0.25) is 0 Å². The van der Waals surface area contributed by atoms with Crippen LogP contribution in [0.15, 0.2) is 152 Å². The predicted octanol–water partition coefficient (Wildman–Crippen LogP) is 10.0. The van der Waals surface area contributed by atoms with Gasteiger partial charge in [-0.05, 0) is 126 Å². The summed E-state index contributed by atoms with van der Waals surface area (Å²) in [5.41, 5.74) is 11.7. The van der Waals surface area contributed by atoms with Crippen molar-refractivity contribution in [2.24, 2.45) is 0 Å². The molecule has 8 aliphatic rings. The maximum absolute atomic E-state index is 4.85. The number of benzene rings is 6. The van der Waals surface area contributed by atoms with Gasteiger partial charge < -0.3 is 0 Å². The minimum Gasteiger partial charge on any atom is -0.0620 e. The topological polar surface area (TPSA) is 0 Å². The van der Waals surface area contributed by atoms with Crippen LogP contribution in [0.25, 0.3) is 0 Å². The molecule has 8 bridgehead atoms. The van der Waals surface area contributed by atoms with Crippen molar-refractivity contribution in [3.05, 3.63) is 196 Å². The fourth-order valence-corrected chi connectivity index (χ4v) is 9.55. The van der Waals surface area contributed by atoms with E-state index >= 15 is 0 Å². The van der Waals surface area contributed by atoms with Crippen LogP contribution >= 0.6 is 27.3 Å². The third kappa shape index (κ3) is 9.77. The van der Waals surface area contributed by atoms with E-state index in [2.05, 4.69) is 152 Å². The molecule has 0 nitrogen and oxygen atoms in total. The van der Waals surface area contributed by atoms with Crippen LogP contribution in [0.5, 0.6) is 0 Å². The Bertz CT molecular complexity index is 1710. The predicted molar refractivity (Wildman–Crippen MR) is 207 cm³/mol. The van der Waals surface area contributed by atoms with Gasteiger partial charge in [-0.25, -0.2) is 0 Å². The second-order valence-electron chi connectivity index (χ2n) is 12.6. The molecule has 8 aliphatic carbocycles. The van der Waals surface area contributed by atoms with E-state index in [0.29, 0.717) is 0 Å². The van der Waals surface area contributed by atoms with E-state index in [0.717, 1.165) is 51.4 Å². The van der Waals surface area contributed by atoms with Gasteiger partial charge >= 0.3 is 34.5 Å². The molecule has 48 heavy (non-hydrogen) atoms. The van der Waals surface area contributed by atoms with Crippen LogP contribution in [0.1, 0.15) is 44.5 Å². The van der Waals surface area contributed by atoms with E-state index in [9.17, 15) is 0 Å². The summed E-state index contributed by atoms with van der Waals surface area (Å²) in [4.78, 5) is 0. The molecular formula is C44H42Cl2PRu+. The molecule has 6 aromatic carbocycles. The minimum atomic E-state index is -1.03. The average molecular weight is 774 g/mol. The molecular weight excluding hydrogens is 731 g/mol. The largest absolute Gasteiger partial charge is 0.105 e. The molecule has 0 fully saturated rings. The number of rotatable bonds is 3. The first-order chi connectivity index (χ1) is 23.7. The van der Waals surface area contributed by atoms with E-state index in [1.807, 2.05) is 0 Å². The number of halogens is 2. The van der Waals surface area contributed by atoms with Gasteiger partial charge in [-0.2, -0.15) is 0 Å². The monoisotopic (exact) mass is 773 g/mol. The Balaban J connectivity index is 0.000000177. The molecule has 0 N–H and O–H groups in total. The maximum atomic E-state index is 4.85. The Morgan fingerprint density at radius 3 is 1.00 bits per heavy atom. The minimum absolute atomic E-state index is 0.346. The summed E-state index contributed by atoms with van der Waals surface area (Å²) in [7, 11) is 8.68. The molecule has 0 saturated heterocycles. The van der Waals surface area contributed by atoms with E-state index in [1.54, 1.807) is 5.30 Å². The van der Waals surface area contributed by atoms with Crippen LogP contribution in [0.2, 0.25) is 0 Å². The zero-order chi connectivity index (χ0) is 33.0. The van der Waals surface area contributed by atoms with E-state index in [1.165, 1.54) is 55.1 Å². The summed E-state index contributed by atoms with van der Waals surface area (Å²) in [5, 5.41) is 4.51. The molecule has 0 amide bonds. The fraction of sp³-hybridized carbons (Fsp3) is 0.182. The van der Waals surface area contributed by atoms with Crippen molar-refractivity contribution in [2.75, 3.05) is 0 Å². The van der Waals surface area contributed by atoms with Crippen LogP contribution in [-0.4, -0.2) is 0 Å². The van der Waals surface area contributed by atoms with Crippen LogP contribution in [0, 0.1) is 0 Å². The molecule has 14 rings (SSSR count). The summed E-state index contributed by atoms with van der Waals surface area (Å²) < 4.78 is 0. The zero-order valence-electron chi connectivity index (χ0n) is 27.2. The molecule has 0 aliphatic heterocycles. The van der Waals surface area contributed by atoms with Crippen molar-refractivity contribution >= 4 is 43.2 Å². The van der Waals surface area contributed by atoms with Gasteiger partial charge in [-0.1, -0.05) is 121 Å². The zero-order valence-corrected chi connectivity index (χ0v) is 31.5. The molecule has 6 aromatic rings. The molecule has 4 heteroatoms. The molecule has 0 radical (unpaired) electrons. The summed E-state index contributed by atoms with van der Waals surface area (Å²) in [6, 6.07) is 57.1. The molecule has 0 saturated carbocycles. The van der Waals surface area contributed by atoms with E-state index in [-0.39, 0.29) is 15.1 Å². The summed E-state index contributed by atoms with van der Waals surface area (Å²) in [6.07, 6.45) is 9.02. The van der Waals surface area contributed by atoms with Crippen LogP contribution < -0.4 is 15.9 Å². The average Bonchev–Trinajstić information content (AvgIpc) is 3.13. The Morgan fingerprint density at radius 1 is 0.354 bits per heavy atom. The Morgan fingerprint density at radius 2 is 0.646 bits per heavy atom. The Labute approximate surface area is 304 Å². The van der Waals surface area contributed by atoms with Crippen molar-refractivity contribution < 1.29 is 15.1 Å². The molecule has 0 heterocycles.